The number of rotatable bonds is 4. The number of benzene rings is 2. The summed E-state index contributed by atoms with van der Waals surface area (Å²) in [6.07, 6.45) is 0.792. The van der Waals surface area contributed by atoms with Crippen molar-refractivity contribution in [1.82, 2.24) is 0 Å². The Hall–Kier alpha value is -2.62. The highest BCUT2D eigenvalue weighted by Gasteiger charge is 2.34. The molecule has 1 atom stereocenters. The Labute approximate surface area is 149 Å². The van der Waals surface area contributed by atoms with Crippen LogP contribution in [0.15, 0.2) is 65.8 Å². The molecule has 3 rings (SSSR count). The van der Waals surface area contributed by atoms with Crippen LogP contribution in [0.2, 0.25) is 0 Å². The lowest BCUT2D eigenvalue weighted by atomic mass is 9.87. The summed E-state index contributed by atoms with van der Waals surface area (Å²) >= 11 is 0. The lowest BCUT2D eigenvalue weighted by Gasteiger charge is -2.23. The van der Waals surface area contributed by atoms with Crippen LogP contribution in [0.1, 0.15) is 37.6 Å². The molecular formula is C21H24N2O2. The smallest absolute Gasteiger partial charge is 0.338 e. The summed E-state index contributed by atoms with van der Waals surface area (Å²) in [7, 11) is 0. The van der Waals surface area contributed by atoms with Gasteiger partial charge in [-0.05, 0) is 24.3 Å². The standard InChI is InChI=1S/C21H24N2O2/c1-21(2,3)19-14-18(23(22-19)17-12-8-5-9-13-17)15-25-20(24)16-10-6-4-7-11-16/h4-13,18H,14-15H2,1-3H3. The topological polar surface area (TPSA) is 41.9 Å². The number of hydrogen-bond donors (Lipinski definition) is 0. The Morgan fingerprint density at radius 1 is 1.08 bits per heavy atom. The van der Waals surface area contributed by atoms with Crippen LogP contribution in [-0.2, 0) is 4.74 Å². The zero-order valence-corrected chi connectivity index (χ0v) is 15.0. The van der Waals surface area contributed by atoms with Crippen molar-refractivity contribution in [2.24, 2.45) is 10.5 Å². The van der Waals surface area contributed by atoms with Crippen LogP contribution in [0.25, 0.3) is 0 Å². The van der Waals surface area contributed by atoms with E-state index in [9.17, 15) is 4.79 Å². The molecule has 25 heavy (non-hydrogen) atoms. The normalized spacial score (nSPS) is 17.3. The van der Waals surface area contributed by atoms with Crippen molar-refractivity contribution in [2.75, 3.05) is 11.6 Å². The Kier molecular flexibility index (Phi) is 4.88. The molecule has 2 aromatic carbocycles. The maximum atomic E-state index is 12.2. The van der Waals surface area contributed by atoms with Gasteiger partial charge in [0.25, 0.3) is 0 Å². The van der Waals surface area contributed by atoms with Crippen molar-refractivity contribution in [2.45, 2.75) is 33.2 Å². The molecule has 0 saturated heterocycles. The molecule has 0 radical (unpaired) electrons. The molecule has 0 spiro atoms. The molecule has 130 valence electrons. The third-order valence-corrected chi connectivity index (χ3v) is 4.31. The average molecular weight is 336 g/mol. The second kappa shape index (κ2) is 7.09. The molecule has 4 nitrogen and oxygen atoms in total. The van der Waals surface area contributed by atoms with Crippen molar-refractivity contribution >= 4 is 17.4 Å². The third-order valence-electron chi connectivity index (χ3n) is 4.31. The summed E-state index contributed by atoms with van der Waals surface area (Å²) < 4.78 is 5.57. The minimum atomic E-state index is -0.294. The zero-order chi connectivity index (χ0) is 17.9. The maximum Gasteiger partial charge on any atom is 0.338 e. The van der Waals surface area contributed by atoms with Crippen molar-refractivity contribution in [3.8, 4) is 0 Å². The van der Waals surface area contributed by atoms with Gasteiger partial charge in [0.2, 0.25) is 0 Å². The van der Waals surface area contributed by atoms with Crippen LogP contribution in [0.3, 0.4) is 0 Å². The second-order valence-corrected chi connectivity index (χ2v) is 7.30. The van der Waals surface area contributed by atoms with Crippen LogP contribution >= 0.6 is 0 Å². The van der Waals surface area contributed by atoms with E-state index in [1.807, 2.05) is 53.5 Å². The molecule has 0 aliphatic carbocycles. The largest absolute Gasteiger partial charge is 0.460 e. The van der Waals surface area contributed by atoms with E-state index in [0.717, 1.165) is 17.8 Å². The lowest BCUT2D eigenvalue weighted by Crippen LogP contribution is -2.32. The van der Waals surface area contributed by atoms with Gasteiger partial charge in [0.05, 0.1) is 17.3 Å². The molecule has 0 saturated carbocycles. The van der Waals surface area contributed by atoms with Gasteiger partial charge in [-0.3, -0.25) is 5.01 Å². The predicted octanol–water partition coefficient (Wildman–Crippen LogP) is 4.52. The summed E-state index contributed by atoms with van der Waals surface area (Å²) in [5.41, 5.74) is 2.70. The van der Waals surface area contributed by atoms with E-state index >= 15 is 0 Å². The molecule has 0 aromatic heterocycles. The highest BCUT2D eigenvalue weighted by atomic mass is 16.5. The van der Waals surface area contributed by atoms with E-state index in [-0.39, 0.29) is 17.4 Å². The first-order valence-corrected chi connectivity index (χ1v) is 8.59. The van der Waals surface area contributed by atoms with Crippen molar-refractivity contribution in [3.63, 3.8) is 0 Å². The molecule has 4 heteroatoms. The fourth-order valence-electron chi connectivity index (χ4n) is 2.83. The fourth-order valence-corrected chi connectivity index (χ4v) is 2.83. The van der Waals surface area contributed by atoms with Gasteiger partial charge in [0.15, 0.2) is 0 Å². The van der Waals surface area contributed by atoms with E-state index < -0.39 is 0 Å². The zero-order valence-electron chi connectivity index (χ0n) is 15.0. The number of ether oxygens (including phenoxy) is 1. The lowest BCUT2D eigenvalue weighted by molar-refractivity contribution is 0.0483. The molecule has 1 unspecified atom stereocenters. The van der Waals surface area contributed by atoms with Gasteiger partial charge in [-0.15, -0.1) is 0 Å². The molecule has 0 fully saturated rings. The minimum absolute atomic E-state index is 0.00871. The average Bonchev–Trinajstić information content (AvgIpc) is 3.06. The van der Waals surface area contributed by atoms with Crippen molar-refractivity contribution < 1.29 is 9.53 Å². The van der Waals surface area contributed by atoms with Crippen LogP contribution in [0.4, 0.5) is 5.69 Å². The molecule has 0 N–H and O–H groups in total. The summed E-state index contributed by atoms with van der Waals surface area (Å²) in [5.74, 6) is -0.294. The Morgan fingerprint density at radius 3 is 2.28 bits per heavy atom. The Balaban J connectivity index is 1.74. The van der Waals surface area contributed by atoms with E-state index in [2.05, 4.69) is 20.8 Å². The quantitative estimate of drug-likeness (QED) is 0.771. The SMILES string of the molecule is CC(C)(C)C1=NN(c2ccccc2)C(COC(=O)c2ccccc2)C1. The highest BCUT2D eigenvalue weighted by Crippen LogP contribution is 2.31. The summed E-state index contributed by atoms with van der Waals surface area (Å²) in [5, 5.41) is 6.81. The van der Waals surface area contributed by atoms with Gasteiger partial charge in [0.1, 0.15) is 6.61 Å². The van der Waals surface area contributed by atoms with Crippen molar-refractivity contribution in [1.29, 1.82) is 0 Å². The van der Waals surface area contributed by atoms with Gasteiger partial charge in [-0.2, -0.15) is 5.10 Å². The first-order chi connectivity index (χ1) is 11.9. The van der Waals surface area contributed by atoms with Gasteiger partial charge in [0, 0.05) is 17.5 Å². The number of carbonyl (C=O) groups is 1. The van der Waals surface area contributed by atoms with Gasteiger partial charge in [-0.1, -0.05) is 57.2 Å². The molecule has 1 aliphatic heterocycles. The maximum absolute atomic E-state index is 12.2. The number of nitrogens with zero attached hydrogens (tertiary/aromatic N) is 2. The van der Waals surface area contributed by atoms with Crippen LogP contribution in [0, 0.1) is 5.41 Å². The molecule has 0 amide bonds. The predicted molar refractivity (Wildman–Crippen MR) is 101 cm³/mol. The van der Waals surface area contributed by atoms with E-state index in [0.29, 0.717) is 12.2 Å². The monoisotopic (exact) mass is 336 g/mol. The number of anilines is 1. The first-order valence-electron chi connectivity index (χ1n) is 8.59. The summed E-state index contributed by atoms with van der Waals surface area (Å²) in [4.78, 5) is 12.2. The third kappa shape index (κ3) is 4.08. The number of hydrogen-bond acceptors (Lipinski definition) is 4. The minimum Gasteiger partial charge on any atom is -0.460 e. The van der Waals surface area contributed by atoms with E-state index in [4.69, 9.17) is 9.84 Å². The Morgan fingerprint density at radius 2 is 1.68 bits per heavy atom. The second-order valence-electron chi connectivity index (χ2n) is 7.30. The van der Waals surface area contributed by atoms with E-state index in [1.54, 1.807) is 12.1 Å². The molecule has 2 aromatic rings. The number of carbonyl (C=O) groups excluding carboxylic acids is 1. The molecule has 1 heterocycles. The number of esters is 1. The number of para-hydroxylation sites is 1. The summed E-state index contributed by atoms with van der Waals surface area (Å²) in [6.45, 7) is 6.79. The Bertz CT molecular complexity index is 748. The molecule has 0 bridgehead atoms. The van der Waals surface area contributed by atoms with Crippen LogP contribution in [0.5, 0.6) is 0 Å². The summed E-state index contributed by atoms with van der Waals surface area (Å²) in [6, 6.07) is 19.1. The van der Waals surface area contributed by atoms with Crippen molar-refractivity contribution in [3.05, 3.63) is 66.2 Å². The van der Waals surface area contributed by atoms with Gasteiger partial charge >= 0.3 is 5.97 Å². The fraction of sp³-hybridized carbons (Fsp3) is 0.333. The number of hydrazone groups is 1. The first kappa shape index (κ1) is 17.2. The van der Waals surface area contributed by atoms with Gasteiger partial charge < -0.3 is 4.74 Å². The van der Waals surface area contributed by atoms with Crippen LogP contribution in [-0.4, -0.2) is 24.3 Å². The highest BCUT2D eigenvalue weighted by molar-refractivity contribution is 5.93. The van der Waals surface area contributed by atoms with E-state index in [1.165, 1.54) is 0 Å². The molecule has 1 aliphatic rings. The molecular weight excluding hydrogens is 312 g/mol. The van der Waals surface area contributed by atoms with Gasteiger partial charge in [-0.25, -0.2) is 4.79 Å². The van der Waals surface area contributed by atoms with Crippen LogP contribution < -0.4 is 5.01 Å².